The topological polar surface area (TPSA) is 396 Å². The summed E-state index contributed by atoms with van der Waals surface area (Å²) in [6.45, 7) is 15.5. The molecule has 34 heteroatoms. The SMILES string of the molecule is CNc1cc2c3c(cccc3c1)C(=O)N(C1CCC(=O)NC1=O)C2=O.COc1cc([C@@H](CC(C)=O)c2ccc(C)c(CN3C[C@@H](C)Oc4cc(C)ccc4S3(=O)=O)c2)cc2nnn(C)c12.COc1cc([C@@H](CC(C)=O)c2ccc(C)c(CN3C[C@@H](C)Oc4cc(C)ccc4S3(=O)=O)c2)cc2nnn(C)c12.COc1cc2c3c(cccc3c1)C(=O)N(C1CCC(=O)NC1=O)C2=O. The number of Topliss-reactive ketones (excluding diaryl/α,β-unsaturated/α-hetero) is 2. The molecule has 0 spiro atoms. The molecule has 0 aliphatic carbocycles. The Kier molecular flexibility index (Phi) is 25.6. The number of nitrogens with one attached hydrogen (secondary N) is 3. The van der Waals surface area contributed by atoms with E-state index in [0.717, 1.165) is 92.9 Å². The molecule has 2 saturated heterocycles. The fourth-order valence-electron chi connectivity index (χ4n) is 17.6. The standard InChI is InChI=1S/2C30H34N4O5S.C18H15N3O4.C18H14N2O5/c2*1-18-7-10-29-27(11-18)39-21(4)16-34(40(29,36)37)17-24-13-22(9-8-19(24)2)25(12-20(3)35)23-14-26-30(28(15-23)38-6)33(5)32-31-26;1-19-10-7-9-3-2-4-11-15(9)12(8-10)18(25)21(17(11)24)13-5-6-14(22)20-16(13)23;1-25-10-7-9-3-2-4-11-15(9)12(8-10)18(24)20(17(11)23)13-5-6-14(21)19-16(13)22/h2*7-11,13-15,21,25H,12,16-17H2,1-6H3;2-4,7-8,13,19H,5-6H2,1H3,(H,20,22,23);2-4,7-8,13H,5-6H2,1H3,(H,19,21,22)/t2*21-,25+;;/m11../s1. The van der Waals surface area contributed by atoms with Gasteiger partial charge in [-0.3, -0.25) is 68.4 Å². The van der Waals surface area contributed by atoms with Crippen molar-refractivity contribution in [1.82, 2.24) is 59.0 Å². The highest BCUT2D eigenvalue weighted by molar-refractivity contribution is 7.89. The Morgan fingerprint density at radius 3 is 1.31 bits per heavy atom. The summed E-state index contributed by atoms with van der Waals surface area (Å²) in [5.74, 6) is -2.09. The van der Waals surface area contributed by atoms with Gasteiger partial charge in [-0.15, -0.1) is 10.2 Å². The van der Waals surface area contributed by atoms with Crippen LogP contribution in [0.4, 0.5) is 5.69 Å². The lowest BCUT2D eigenvalue weighted by Gasteiger charge is -2.34. The van der Waals surface area contributed by atoms with Crippen LogP contribution in [0.1, 0.15) is 175 Å². The number of carbonyl (C=O) groups excluding carboxylic acids is 10. The van der Waals surface area contributed by atoms with Gasteiger partial charge in [0.2, 0.25) is 43.7 Å². The maximum Gasteiger partial charge on any atom is 0.262 e. The van der Waals surface area contributed by atoms with Crippen molar-refractivity contribution >= 4 is 128 Å². The summed E-state index contributed by atoms with van der Waals surface area (Å²) >= 11 is 0. The molecule has 6 aliphatic heterocycles. The van der Waals surface area contributed by atoms with Gasteiger partial charge < -0.3 is 29.0 Å². The number of nitrogens with zero attached hydrogens (tertiary/aromatic N) is 10. The fourth-order valence-corrected chi connectivity index (χ4v) is 20.8. The third-order valence-corrected chi connectivity index (χ3v) is 27.9. The number of piperidine rings is 2. The van der Waals surface area contributed by atoms with Gasteiger partial charge in [0.1, 0.15) is 96.5 Å². The number of hydrogen-bond acceptors (Lipinski definition) is 24. The number of ether oxygens (including phenoxy) is 5. The van der Waals surface area contributed by atoms with Crippen molar-refractivity contribution in [2.24, 2.45) is 14.1 Å². The fraction of sp³-hybridized carbons (Fsp3) is 0.312. The number of imide groups is 4. The van der Waals surface area contributed by atoms with E-state index in [-0.39, 0.29) is 110 Å². The largest absolute Gasteiger partial charge is 0.497 e. The lowest BCUT2D eigenvalue weighted by Crippen LogP contribution is -2.57. The molecule has 6 atom stereocenters. The summed E-state index contributed by atoms with van der Waals surface area (Å²) in [6.07, 6.45) is 0.352. The average Bonchev–Trinajstić information content (AvgIpc) is 1.10. The van der Waals surface area contributed by atoms with Crippen LogP contribution < -0.4 is 39.6 Å². The summed E-state index contributed by atoms with van der Waals surface area (Å²) in [5.41, 5.74) is 14.2. The van der Waals surface area contributed by atoms with E-state index < -0.39 is 79.4 Å². The summed E-state index contributed by atoms with van der Waals surface area (Å²) in [4.78, 5) is 126. The normalized spacial score (nSPS) is 18.5. The molecule has 0 radical (unpaired) electrons. The smallest absolute Gasteiger partial charge is 0.262 e. The monoisotopic (exact) mass is 1800 g/mol. The first kappa shape index (κ1) is 90.8. The third-order valence-electron chi connectivity index (χ3n) is 24.2. The maximum absolute atomic E-state index is 13.8. The van der Waals surface area contributed by atoms with Crippen molar-refractivity contribution in [2.45, 2.75) is 153 Å². The van der Waals surface area contributed by atoms with Crippen LogP contribution >= 0.6 is 0 Å². The van der Waals surface area contributed by atoms with E-state index in [1.54, 1.807) is 144 Å². The average molecular weight is 1800 g/mol. The predicted octanol–water partition coefficient (Wildman–Crippen LogP) is 11.9. The van der Waals surface area contributed by atoms with E-state index in [9.17, 15) is 64.8 Å². The van der Waals surface area contributed by atoms with Crippen molar-refractivity contribution in [3.8, 4) is 28.7 Å². The number of methoxy groups -OCH3 is 3. The second-order valence-corrected chi connectivity index (χ2v) is 37.2. The zero-order chi connectivity index (χ0) is 93.0. The molecule has 2 fully saturated rings. The molecule has 8 amide bonds. The molecule has 8 heterocycles. The third kappa shape index (κ3) is 17.8. The minimum absolute atomic E-state index is 0.0401. The van der Waals surface area contributed by atoms with E-state index in [1.807, 2.05) is 114 Å². The molecule has 32 nitrogen and oxygen atoms in total. The lowest BCUT2D eigenvalue weighted by atomic mass is 9.85. The minimum atomic E-state index is -3.80. The molecular weight excluding hydrogens is 1700 g/mol. The molecule has 0 bridgehead atoms. The van der Waals surface area contributed by atoms with Crippen molar-refractivity contribution < 1.29 is 88.5 Å². The van der Waals surface area contributed by atoms with Crippen molar-refractivity contribution in [3.05, 3.63) is 236 Å². The van der Waals surface area contributed by atoms with E-state index in [1.165, 1.54) is 15.7 Å². The second kappa shape index (κ2) is 36.7. The van der Waals surface area contributed by atoms with Crippen LogP contribution in [0.5, 0.6) is 28.7 Å². The van der Waals surface area contributed by atoms with Gasteiger partial charge in [0.05, 0.1) is 45.5 Å². The van der Waals surface area contributed by atoms with Gasteiger partial charge in [0.25, 0.3) is 23.6 Å². The number of fused-ring (bicyclic) bond motifs is 4. The molecule has 2 aromatic heterocycles. The summed E-state index contributed by atoms with van der Waals surface area (Å²) < 4.78 is 89.9. The van der Waals surface area contributed by atoms with Crippen LogP contribution in [-0.4, -0.2) is 190 Å². The number of benzene rings is 10. The number of anilines is 1. The molecule has 10 aromatic carbocycles. The van der Waals surface area contributed by atoms with Gasteiger partial charge in [-0.05, 0) is 220 Å². The Balaban J connectivity index is 0.000000136. The van der Waals surface area contributed by atoms with E-state index in [4.69, 9.17) is 23.7 Å². The molecule has 0 saturated carbocycles. The zero-order valence-corrected chi connectivity index (χ0v) is 75.7. The zero-order valence-electron chi connectivity index (χ0n) is 74.1. The van der Waals surface area contributed by atoms with Gasteiger partial charge in [0, 0.05) is 99.3 Å². The number of sulfonamides is 2. The number of carbonyl (C=O) groups is 10. The van der Waals surface area contributed by atoms with Crippen LogP contribution in [-0.2, 0) is 76.0 Å². The van der Waals surface area contributed by atoms with E-state index in [0.29, 0.717) is 72.8 Å². The number of amides is 8. The van der Waals surface area contributed by atoms with E-state index >= 15 is 0 Å². The first-order chi connectivity index (χ1) is 62.0. The Bertz CT molecular complexity index is 6560. The van der Waals surface area contributed by atoms with Crippen molar-refractivity contribution in [2.75, 3.05) is 46.8 Å². The van der Waals surface area contributed by atoms with Gasteiger partial charge >= 0.3 is 0 Å². The van der Waals surface area contributed by atoms with Gasteiger partial charge in [-0.1, -0.05) is 83.2 Å². The summed E-state index contributed by atoms with van der Waals surface area (Å²) in [7, 11) is 2.45. The van der Waals surface area contributed by atoms with Gasteiger partial charge in [-0.2, -0.15) is 8.61 Å². The molecule has 12 aromatic rings. The van der Waals surface area contributed by atoms with Crippen molar-refractivity contribution in [1.29, 1.82) is 0 Å². The van der Waals surface area contributed by atoms with Crippen LogP contribution in [0.15, 0.2) is 168 Å². The lowest BCUT2D eigenvalue weighted by molar-refractivity contribution is -0.137. The highest BCUT2D eigenvalue weighted by Gasteiger charge is 2.46. The van der Waals surface area contributed by atoms with Gasteiger partial charge in [0.15, 0.2) is 0 Å². The van der Waals surface area contributed by atoms with Gasteiger partial charge in [-0.25, -0.2) is 26.2 Å². The molecule has 672 valence electrons. The molecule has 6 aliphatic rings. The first-order valence-electron chi connectivity index (χ1n) is 42.2. The quantitative estimate of drug-likeness (QED) is 0.0672. The Morgan fingerprint density at radius 1 is 0.492 bits per heavy atom. The number of aryl methyl sites for hydroxylation is 6. The maximum atomic E-state index is 13.8. The predicted molar refractivity (Wildman–Crippen MR) is 482 cm³/mol. The molecule has 18 rings (SSSR count). The van der Waals surface area contributed by atoms with Crippen molar-refractivity contribution in [3.63, 3.8) is 0 Å². The Hall–Kier alpha value is -14.0. The molecule has 3 N–H and O–H groups in total. The van der Waals surface area contributed by atoms with Crippen LogP contribution in [0, 0.1) is 27.7 Å². The Morgan fingerprint density at radius 2 is 0.908 bits per heavy atom. The first-order valence-corrected chi connectivity index (χ1v) is 45.1. The molecule has 130 heavy (non-hydrogen) atoms. The van der Waals surface area contributed by atoms with Crippen LogP contribution in [0.2, 0.25) is 0 Å². The van der Waals surface area contributed by atoms with E-state index in [2.05, 4.69) is 36.6 Å². The molecular formula is C96H97N13O19S2. The number of hydrogen-bond donors (Lipinski definition) is 3. The van der Waals surface area contributed by atoms with Crippen LogP contribution in [0.25, 0.3) is 43.6 Å². The number of aromatic nitrogens is 6. The number of rotatable bonds is 18. The summed E-state index contributed by atoms with van der Waals surface area (Å²) in [5, 5.41) is 26.8. The highest BCUT2D eigenvalue weighted by Crippen LogP contribution is 2.43. The molecule has 2 unspecified atom stereocenters. The van der Waals surface area contributed by atoms with Crippen LogP contribution in [0.3, 0.4) is 0 Å². The number of ketones is 2. The summed E-state index contributed by atoms with van der Waals surface area (Å²) in [6, 6.07) is 45.4. The second-order valence-electron chi connectivity index (χ2n) is 33.4. The Labute approximate surface area is 749 Å². The highest BCUT2D eigenvalue weighted by atomic mass is 32.2. The minimum Gasteiger partial charge on any atom is -0.497 e.